The summed E-state index contributed by atoms with van der Waals surface area (Å²) in [5.41, 5.74) is 1.72. The van der Waals surface area contributed by atoms with E-state index in [0.717, 1.165) is 0 Å². The van der Waals surface area contributed by atoms with E-state index < -0.39 is 18.2 Å². The third kappa shape index (κ3) is 4.47. The Labute approximate surface area is 174 Å². The highest BCUT2D eigenvalue weighted by Gasteiger charge is 2.23. The number of nitrogens with zero attached hydrogens (tertiary/aromatic N) is 6. The van der Waals surface area contributed by atoms with E-state index in [4.69, 9.17) is 4.74 Å². The molecule has 0 aliphatic carbocycles. The first kappa shape index (κ1) is 20.3. The van der Waals surface area contributed by atoms with Gasteiger partial charge >= 0.3 is 0 Å². The fourth-order valence-corrected chi connectivity index (χ4v) is 3.01. The van der Waals surface area contributed by atoms with Crippen LogP contribution in [-0.2, 0) is 16.2 Å². The summed E-state index contributed by atoms with van der Waals surface area (Å²) in [4.78, 5) is 24.5. The summed E-state index contributed by atoms with van der Waals surface area (Å²) in [5, 5.41) is 18.3. The van der Waals surface area contributed by atoms with E-state index in [1.807, 2.05) is 0 Å². The maximum Gasteiger partial charge on any atom is 0.263 e. The van der Waals surface area contributed by atoms with Crippen LogP contribution in [0.5, 0.6) is 5.88 Å². The number of rotatable bonds is 6. The summed E-state index contributed by atoms with van der Waals surface area (Å²) in [7, 11) is 0. The average molecular weight is 429 g/mol. The summed E-state index contributed by atoms with van der Waals surface area (Å²) in [6.07, 6.45) is -2.55. The van der Waals surface area contributed by atoms with Crippen molar-refractivity contribution in [2.24, 2.45) is 0 Å². The van der Waals surface area contributed by atoms with Crippen molar-refractivity contribution in [3.63, 3.8) is 0 Å². The number of hydrogen-bond acceptors (Lipinski definition) is 8. The summed E-state index contributed by atoms with van der Waals surface area (Å²) in [6, 6.07) is 8.89. The largest absolute Gasteiger partial charge is 0.470 e. The molecule has 0 radical (unpaired) electrons. The van der Waals surface area contributed by atoms with Crippen LogP contribution in [0.25, 0.3) is 5.69 Å². The van der Waals surface area contributed by atoms with Gasteiger partial charge in [0.1, 0.15) is 12.3 Å². The number of aromatic nitrogens is 5. The topological polar surface area (TPSA) is 115 Å². The Morgan fingerprint density at radius 1 is 1.03 bits per heavy atom. The van der Waals surface area contributed by atoms with E-state index in [-0.39, 0.29) is 31.1 Å². The number of imide groups is 1. The molecule has 0 unspecified atom stereocenters. The van der Waals surface area contributed by atoms with E-state index in [1.165, 1.54) is 33.8 Å². The van der Waals surface area contributed by atoms with Gasteiger partial charge in [-0.3, -0.25) is 14.9 Å². The molecule has 3 aromatic rings. The van der Waals surface area contributed by atoms with Gasteiger partial charge in [-0.25, -0.2) is 13.5 Å². The number of carbonyl (C=O) groups excluding carboxylic acids is 2. The van der Waals surface area contributed by atoms with Gasteiger partial charge in [0.15, 0.2) is 5.82 Å². The second-order valence-corrected chi connectivity index (χ2v) is 6.77. The van der Waals surface area contributed by atoms with E-state index in [1.54, 1.807) is 19.1 Å². The lowest BCUT2D eigenvalue weighted by Crippen LogP contribution is -2.51. The van der Waals surface area contributed by atoms with Crippen molar-refractivity contribution in [2.75, 3.05) is 18.0 Å². The Bertz CT molecular complexity index is 1080. The lowest BCUT2D eigenvalue weighted by atomic mass is 10.2. The Morgan fingerprint density at radius 2 is 1.74 bits per heavy atom. The number of piperazine rings is 1. The number of aryl methyl sites for hydroxylation is 1. The quantitative estimate of drug-likeness (QED) is 0.584. The van der Waals surface area contributed by atoms with Gasteiger partial charge in [0.25, 0.3) is 6.43 Å². The number of ether oxygens (including phenoxy) is 1. The number of benzene rings is 1. The molecule has 160 valence electrons. The fourth-order valence-electron chi connectivity index (χ4n) is 3.01. The number of amides is 2. The van der Waals surface area contributed by atoms with Crippen molar-refractivity contribution >= 4 is 17.6 Å². The predicted molar refractivity (Wildman–Crippen MR) is 103 cm³/mol. The first-order valence-electron chi connectivity index (χ1n) is 9.24. The Balaban J connectivity index is 1.45. The second kappa shape index (κ2) is 8.42. The molecule has 10 nitrogen and oxygen atoms in total. The zero-order valence-electron chi connectivity index (χ0n) is 16.3. The molecule has 0 spiro atoms. The maximum absolute atomic E-state index is 12.8. The van der Waals surface area contributed by atoms with Crippen molar-refractivity contribution in [3.8, 4) is 11.6 Å². The van der Waals surface area contributed by atoms with Crippen LogP contribution in [0, 0.1) is 6.92 Å². The van der Waals surface area contributed by atoms with Crippen LogP contribution in [0.15, 0.2) is 36.4 Å². The normalized spacial score (nSPS) is 14.1. The molecule has 4 rings (SSSR count). The van der Waals surface area contributed by atoms with E-state index >= 15 is 0 Å². The van der Waals surface area contributed by atoms with Crippen molar-refractivity contribution < 1.29 is 23.1 Å². The van der Waals surface area contributed by atoms with Crippen LogP contribution >= 0.6 is 0 Å². The van der Waals surface area contributed by atoms with Gasteiger partial charge in [-0.1, -0.05) is 17.3 Å². The van der Waals surface area contributed by atoms with Gasteiger partial charge < -0.3 is 9.64 Å². The summed E-state index contributed by atoms with van der Waals surface area (Å²) >= 11 is 0. The zero-order chi connectivity index (χ0) is 22.0. The van der Waals surface area contributed by atoms with Crippen LogP contribution < -0.4 is 15.0 Å². The lowest BCUT2D eigenvalue weighted by Gasteiger charge is -2.25. The Morgan fingerprint density at radius 3 is 2.35 bits per heavy atom. The van der Waals surface area contributed by atoms with Crippen molar-refractivity contribution in [1.29, 1.82) is 0 Å². The SMILES string of the molecule is Cc1nnn(-c2ccc(C(F)F)cc2)c1COc1ccc(N2CC(=O)NC(=O)C2)nn1. The number of nitrogens with one attached hydrogen (secondary N) is 1. The molecule has 1 aliphatic heterocycles. The van der Waals surface area contributed by atoms with Gasteiger partial charge in [0, 0.05) is 11.6 Å². The van der Waals surface area contributed by atoms with Gasteiger partial charge in [0.2, 0.25) is 17.7 Å². The molecule has 1 N–H and O–H groups in total. The molecular weight excluding hydrogens is 412 g/mol. The first-order valence-corrected chi connectivity index (χ1v) is 9.24. The van der Waals surface area contributed by atoms with Gasteiger partial charge in [0.05, 0.1) is 24.5 Å². The van der Waals surface area contributed by atoms with Gasteiger partial charge in [-0.05, 0) is 25.1 Å². The molecule has 3 heterocycles. The van der Waals surface area contributed by atoms with E-state index in [2.05, 4.69) is 25.8 Å². The molecular formula is C19H17F2N7O3. The minimum atomic E-state index is -2.55. The van der Waals surface area contributed by atoms with E-state index in [9.17, 15) is 18.4 Å². The zero-order valence-corrected chi connectivity index (χ0v) is 16.3. The molecule has 12 heteroatoms. The number of hydrogen-bond donors (Lipinski definition) is 1. The smallest absolute Gasteiger partial charge is 0.263 e. The van der Waals surface area contributed by atoms with Crippen molar-refractivity contribution in [2.45, 2.75) is 20.0 Å². The molecule has 0 bridgehead atoms. The summed E-state index contributed by atoms with van der Waals surface area (Å²) in [5.74, 6) is -0.221. The van der Waals surface area contributed by atoms with Gasteiger partial charge in [-0.2, -0.15) is 0 Å². The minimum Gasteiger partial charge on any atom is -0.470 e. The fraction of sp³-hybridized carbons (Fsp3) is 0.263. The Kier molecular flexibility index (Phi) is 5.52. The van der Waals surface area contributed by atoms with Crippen LogP contribution in [0.1, 0.15) is 23.4 Å². The highest BCUT2D eigenvalue weighted by atomic mass is 19.3. The molecule has 2 amide bonds. The highest BCUT2D eigenvalue weighted by molar-refractivity contribution is 6.02. The van der Waals surface area contributed by atoms with E-state index in [0.29, 0.717) is 22.9 Å². The second-order valence-electron chi connectivity index (χ2n) is 6.77. The molecule has 1 fully saturated rings. The number of alkyl halides is 2. The van der Waals surface area contributed by atoms with Crippen molar-refractivity contribution in [3.05, 3.63) is 53.3 Å². The Hall–Kier alpha value is -3.96. The third-order valence-electron chi connectivity index (χ3n) is 4.60. The third-order valence-corrected chi connectivity index (χ3v) is 4.60. The van der Waals surface area contributed by atoms with Crippen LogP contribution in [0.4, 0.5) is 14.6 Å². The highest BCUT2D eigenvalue weighted by Crippen LogP contribution is 2.22. The molecule has 0 atom stereocenters. The number of carbonyl (C=O) groups is 2. The summed E-state index contributed by atoms with van der Waals surface area (Å²) in [6.45, 7) is 1.83. The predicted octanol–water partition coefficient (Wildman–Crippen LogP) is 1.35. The number of halogens is 2. The average Bonchev–Trinajstić information content (AvgIpc) is 3.12. The van der Waals surface area contributed by atoms with Crippen molar-refractivity contribution in [1.82, 2.24) is 30.5 Å². The molecule has 1 aliphatic rings. The van der Waals surface area contributed by atoms with Crippen LogP contribution in [0.3, 0.4) is 0 Å². The minimum absolute atomic E-state index is 0.00895. The molecule has 0 saturated carbocycles. The molecule has 31 heavy (non-hydrogen) atoms. The lowest BCUT2D eigenvalue weighted by molar-refractivity contribution is -0.130. The standard InChI is InChI=1S/C19H17F2N7O3/c1-11-14(28(26-23-11)13-4-2-12(3-5-13)19(20)21)10-31-18-7-6-15(24-25-18)27-8-16(29)22-17(30)9-27/h2-7,19H,8-10H2,1H3,(H,22,29,30). The van der Waals surface area contributed by atoms with Crippen LogP contribution in [0.2, 0.25) is 0 Å². The molecule has 1 aromatic carbocycles. The van der Waals surface area contributed by atoms with Gasteiger partial charge in [-0.15, -0.1) is 15.3 Å². The molecule has 1 saturated heterocycles. The summed E-state index contributed by atoms with van der Waals surface area (Å²) < 4.78 is 32.7. The number of anilines is 1. The van der Waals surface area contributed by atoms with Crippen LogP contribution in [-0.4, -0.2) is 50.1 Å². The maximum atomic E-state index is 12.8. The first-order chi connectivity index (χ1) is 14.9. The molecule has 2 aromatic heterocycles. The monoisotopic (exact) mass is 429 g/mol.